The Bertz CT molecular complexity index is 2220. The van der Waals surface area contributed by atoms with E-state index in [1.165, 1.54) is 94.1 Å². The number of anilines is 6. The van der Waals surface area contributed by atoms with Crippen molar-refractivity contribution in [3.63, 3.8) is 0 Å². The molecule has 3 nitrogen and oxygen atoms in total. The Morgan fingerprint density at radius 1 is 0.593 bits per heavy atom. The van der Waals surface area contributed by atoms with Crippen LogP contribution in [0.3, 0.4) is 0 Å². The lowest BCUT2D eigenvalue weighted by Crippen LogP contribution is -2.62. The highest BCUT2D eigenvalue weighted by molar-refractivity contribution is 7.00. The van der Waals surface area contributed by atoms with Gasteiger partial charge >= 0.3 is 0 Å². The summed E-state index contributed by atoms with van der Waals surface area (Å²) < 4.78 is 7.24. The number of hydrogen-bond acceptors (Lipinski definition) is 3. The standard InChI is InChI=1S/C48H51B3N2O/c1-4-7-16-33-23-27-38(28-24-33)53-41-29-25-34(17-8-5-2)31-39(41)51-40-32-35(18-9-6-3)26-30-42(40)54-48-44(50)46(43(49)47(53)45(48)51)52(36-19-12-10-13-20-36)37-21-14-11-15-22-37/h10-15,19-32H,4-9,16-18,49-50H2,1-3H3. The molecule has 54 heavy (non-hydrogen) atoms. The Kier molecular flexibility index (Phi) is 10.5. The fraction of sp³-hybridized carbons (Fsp3) is 0.250. The predicted molar refractivity (Wildman–Crippen MR) is 239 cm³/mol. The van der Waals surface area contributed by atoms with Gasteiger partial charge in [0, 0.05) is 34.1 Å². The van der Waals surface area contributed by atoms with Crippen molar-refractivity contribution in [3.8, 4) is 11.5 Å². The Balaban J connectivity index is 1.44. The van der Waals surface area contributed by atoms with E-state index in [9.17, 15) is 0 Å². The molecule has 0 fully saturated rings. The quantitative estimate of drug-likeness (QED) is 0.113. The molecule has 2 heterocycles. The van der Waals surface area contributed by atoms with E-state index in [4.69, 9.17) is 4.74 Å². The zero-order valence-electron chi connectivity index (χ0n) is 32.8. The first-order valence-corrected chi connectivity index (χ1v) is 20.4. The van der Waals surface area contributed by atoms with Crippen molar-refractivity contribution in [1.29, 1.82) is 0 Å². The third-order valence-electron chi connectivity index (χ3n) is 11.6. The minimum atomic E-state index is 0.0605. The number of nitrogens with zero attached hydrogens (tertiary/aromatic N) is 2. The van der Waals surface area contributed by atoms with Crippen LogP contribution in [0.5, 0.6) is 11.5 Å². The minimum absolute atomic E-state index is 0.0605. The van der Waals surface area contributed by atoms with Gasteiger partial charge in [-0.05, 0) is 131 Å². The Hall–Kier alpha value is -5.09. The van der Waals surface area contributed by atoms with Crippen LogP contribution in [-0.2, 0) is 19.3 Å². The monoisotopic (exact) mass is 704 g/mol. The number of para-hydroxylation sites is 2. The van der Waals surface area contributed by atoms with Crippen molar-refractivity contribution in [1.82, 2.24) is 0 Å². The first-order chi connectivity index (χ1) is 26.5. The van der Waals surface area contributed by atoms with E-state index in [2.05, 4.69) is 168 Å². The van der Waals surface area contributed by atoms with E-state index in [-0.39, 0.29) is 6.71 Å². The van der Waals surface area contributed by atoms with Crippen LogP contribution < -0.4 is 41.9 Å². The van der Waals surface area contributed by atoms with Gasteiger partial charge in [0.1, 0.15) is 27.2 Å². The van der Waals surface area contributed by atoms with Crippen LogP contribution in [-0.4, -0.2) is 22.4 Å². The summed E-state index contributed by atoms with van der Waals surface area (Å²) in [5.74, 6) is 1.96. The second-order valence-corrected chi connectivity index (χ2v) is 15.3. The zero-order valence-corrected chi connectivity index (χ0v) is 32.8. The van der Waals surface area contributed by atoms with Crippen molar-refractivity contribution in [2.75, 3.05) is 9.80 Å². The summed E-state index contributed by atoms with van der Waals surface area (Å²) in [6, 6.07) is 45.3. The number of unbranched alkanes of at least 4 members (excludes halogenated alkanes) is 3. The average molecular weight is 704 g/mol. The van der Waals surface area contributed by atoms with E-state index < -0.39 is 0 Å². The molecule has 8 rings (SSSR count). The number of benzene rings is 6. The van der Waals surface area contributed by atoms with Crippen LogP contribution in [0, 0.1) is 0 Å². The van der Waals surface area contributed by atoms with Crippen molar-refractivity contribution in [2.45, 2.75) is 78.6 Å². The molecule has 0 bridgehead atoms. The normalized spacial score (nSPS) is 12.5. The maximum Gasteiger partial charge on any atom is 0.256 e. The molecular weight excluding hydrogens is 653 g/mol. The molecule has 268 valence electrons. The van der Waals surface area contributed by atoms with Gasteiger partial charge in [-0.25, -0.2) is 0 Å². The zero-order chi connectivity index (χ0) is 37.2. The molecule has 0 atom stereocenters. The minimum Gasteiger partial charge on any atom is -0.459 e. The van der Waals surface area contributed by atoms with E-state index in [0.29, 0.717) is 0 Å². The number of hydrogen-bond donors (Lipinski definition) is 0. The molecule has 0 aromatic heterocycles. The van der Waals surface area contributed by atoms with Crippen molar-refractivity contribution in [3.05, 3.63) is 138 Å². The summed E-state index contributed by atoms with van der Waals surface area (Å²) >= 11 is 0. The molecule has 0 amide bonds. The van der Waals surface area contributed by atoms with Crippen LogP contribution >= 0.6 is 0 Å². The summed E-state index contributed by atoms with van der Waals surface area (Å²) in [7, 11) is 4.61. The topological polar surface area (TPSA) is 15.7 Å². The van der Waals surface area contributed by atoms with E-state index >= 15 is 0 Å². The third kappa shape index (κ3) is 6.55. The highest BCUT2D eigenvalue weighted by Gasteiger charge is 2.44. The van der Waals surface area contributed by atoms with E-state index in [1.807, 2.05) is 0 Å². The van der Waals surface area contributed by atoms with Gasteiger partial charge in [-0.3, -0.25) is 0 Å². The lowest BCUT2D eigenvalue weighted by molar-refractivity contribution is 0.491. The summed E-state index contributed by atoms with van der Waals surface area (Å²) in [6.45, 7) is 6.90. The van der Waals surface area contributed by atoms with E-state index in [1.54, 1.807) is 0 Å². The van der Waals surface area contributed by atoms with Gasteiger partial charge in [-0.2, -0.15) is 0 Å². The Labute approximate surface area is 325 Å². The Morgan fingerprint density at radius 2 is 1.13 bits per heavy atom. The maximum absolute atomic E-state index is 7.24. The van der Waals surface area contributed by atoms with Gasteiger partial charge in [0.25, 0.3) is 6.71 Å². The molecule has 6 heteroatoms. The largest absolute Gasteiger partial charge is 0.459 e. The van der Waals surface area contributed by atoms with Gasteiger partial charge < -0.3 is 14.5 Å². The molecule has 6 aromatic rings. The molecule has 2 aliphatic rings. The first-order valence-electron chi connectivity index (χ1n) is 20.4. The number of aryl methyl sites for hydroxylation is 3. The van der Waals surface area contributed by atoms with Crippen LogP contribution in [0.1, 0.15) is 76.0 Å². The molecule has 0 saturated heterocycles. The molecule has 0 aliphatic carbocycles. The van der Waals surface area contributed by atoms with Crippen molar-refractivity contribution < 1.29 is 4.74 Å². The number of ether oxygens (including phenoxy) is 1. The van der Waals surface area contributed by atoms with E-state index in [0.717, 1.165) is 53.3 Å². The van der Waals surface area contributed by atoms with Crippen molar-refractivity contribution in [2.24, 2.45) is 0 Å². The number of rotatable bonds is 13. The second-order valence-electron chi connectivity index (χ2n) is 15.3. The highest BCUT2D eigenvalue weighted by Crippen LogP contribution is 2.43. The molecular formula is C48H51B3N2O. The third-order valence-corrected chi connectivity index (χ3v) is 11.6. The van der Waals surface area contributed by atoms with Gasteiger partial charge in [-0.15, -0.1) is 0 Å². The SMILES string of the molecule is Bc1c2c3c(c(B)c1N(c1ccccc1)c1ccccc1)N(c1ccc(CCCC)cc1)c1ccc(CCCC)cc1B3c1cc(CCCC)ccc1O2. The molecule has 0 radical (unpaired) electrons. The smallest absolute Gasteiger partial charge is 0.256 e. The fourth-order valence-corrected chi connectivity index (χ4v) is 8.79. The molecule has 2 aliphatic heterocycles. The van der Waals surface area contributed by atoms with Gasteiger partial charge in [0.15, 0.2) is 0 Å². The van der Waals surface area contributed by atoms with Gasteiger partial charge in [-0.1, -0.05) is 113 Å². The van der Waals surface area contributed by atoms with Gasteiger partial charge in [0.05, 0.1) is 0 Å². The summed E-state index contributed by atoms with van der Waals surface area (Å²) in [5, 5.41) is 0. The lowest BCUT2D eigenvalue weighted by Gasteiger charge is -2.44. The van der Waals surface area contributed by atoms with Crippen LogP contribution in [0.2, 0.25) is 0 Å². The van der Waals surface area contributed by atoms with Crippen LogP contribution in [0.15, 0.2) is 121 Å². The molecule has 0 N–H and O–H groups in total. The van der Waals surface area contributed by atoms with Crippen molar-refractivity contribution >= 4 is 83.8 Å². The Morgan fingerprint density at radius 3 is 1.72 bits per heavy atom. The van der Waals surface area contributed by atoms with Crippen LogP contribution in [0.4, 0.5) is 34.1 Å². The number of fused-ring (bicyclic) bond motifs is 4. The summed E-state index contributed by atoms with van der Waals surface area (Å²) in [5.41, 5.74) is 17.6. The summed E-state index contributed by atoms with van der Waals surface area (Å²) in [4.78, 5) is 4.98. The average Bonchev–Trinajstić information content (AvgIpc) is 3.22. The summed E-state index contributed by atoms with van der Waals surface area (Å²) in [6.07, 6.45) is 10.4. The highest BCUT2D eigenvalue weighted by atomic mass is 16.5. The lowest BCUT2D eigenvalue weighted by atomic mass is 9.33. The van der Waals surface area contributed by atoms with Gasteiger partial charge in [0.2, 0.25) is 0 Å². The maximum atomic E-state index is 7.24. The fourth-order valence-electron chi connectivity index (χ4n) is 8.79. The molecule has 0 spiro atoms. The molecule has 6 aromatic carbocycles. The first kappa shape index (κ1) is 35.9. The molecule has 0 unspecified atom stereocenters. The predicted octanol–water partition coefficient (Wildman–Crippen LogP) is 8.11. The van der Waals surface area contributed by atoms with Crippen LogP contribution in [0.25, 0.3) is 0 Å². The second kappa shape index (κ2) is 15.7. The molecule has 0 saturated carbocycles.